The molecule has 0 radical (unpaired) electrons. The SMILES string of the molecule is Cc1cccc(C)c1NC(=O)CSc1nnc(-c2csc3ccccc23)n1C(C)C. The van der Waals surface area contributed by atoms with Crippen molar-refractivity contribution in [1.82, 2.24) is 14.8 Å². The molecule has 5 nitrogen and oxygen atoms in total. The fourth-order valence-corrected chi connectivity index (χ4v) is 5.30. The first-order chi connectivity index (χ1) is 14.5. The number of thioether (sulfide) groups is 1. The number of nitrogens with zero attached hydrogens (tertiary/aromatic N) is 3. The van der Waals surface area contributed by atoms with Crippen LogP contribution in [0.5, 0.6) is 0 Å². The van der Waals surface area contributed by atoms with Crippen LogP contribution in [-0.2, 0) is 4.79 Å². The van der Waals surface area contributed by atoms with Crippen molar-refractivity contribution in [3.05, 3.63) is 59.0 Å². The Bertz CT molecular complexity index is 1190. The number of anilines is 1. The number of hydrogen-bond acceptors (Lipinski definition) is 5. The first-order valence-corrected chi connectivity index (χ1v) is 11.7. The molecular formula is C23H24N4OS2. The minimum absolute atomic E-state index is 0.0433. The van der Waals surface area contributed by atoms with Gasteiger partial charge in [-0.25, -0.2) is 0 Å². The lowest BCUT2D eigenvalue weighted by Gasteiger charge is -2.14. The molecule has 0 aliphatic heterocycles. The molecule has 2 aromatic carbocycles. The van der Waals surface area contributed by atoms with E-state index < -0.39 is 0 Å². The number of thiophene rings is 1. The van der Waals surface area contributed by atoms with E-state index in [9.17, 15) is 4.79 Å². The number of hydrogen-bond donors (Lipinski definition) is 1. The van der Waals surface area contributed by atoms with Gasteiger partial charge in [0.05, 0.1) is 5.75 Å². The third-order valence-electron chi connectivity index (χ3n) is 4.98. The number of carbonyl (C=O) groups excluding carboxylic acids is 1. The summed E-state index contributed by atoms with van der Waals surface area (Å²) in [6.45, 7) is 8.23. The molecule has 0 unspecified atom stereocenters. The summed E-state index contributed by atoms with van der Waals surface area (Å²) in [6, 6.07) is 14.5. The lowest BCUT2D eigenvalue weighted by atomic mass is 10.1. The van der Waals surface area contributed by atoms with Gasteiger partial charge in [0, 0.05) is 32.8 Å². The van der Waals surface area contributed by atoms with Gasteiger partial charge in [-0.3, -0.25) is 9.36 Å². The van der Waals surface area contributed by atoms with Gasteiger partial charge in [-0.15, -0.1) is 21.5 Å². The third kappa shape index (κ3) is 4.00. The van der Waals surface area contributed by atoms with Gasteiger partial charge in [0.15, 0.2) is 11.0 Å². The number of rotatable bonds is 6. The second-order valence-electron chi connectivity index (χ2n) is 7.52. The molecule has 0 aliphatic carbocycles. The molecule has 7 heteroatoms. The van der Waals surface area contributed by atoms with Crippen molar-refractivity contribution in [2.24, 2.45) is 0 Å². The maximum atomic E-state index is 12.6. The highest BCUT2D eigenvalue weighted by molar-refractivity contribution is 7.99. The van der Waals surface area contributed by atoms with Crippen LogP contribution in [0.15, 0.2) is 53.0 Å². The van der Waals surface area contributed by atoms with Crippen LogP contribution >= 0.6 is 23.1 Å². The Kier molecular flexibility index (Phi) is 5.92. The number of aryl methyl sites for hydroxylation is 2. The van der Waals surface area contributed by atoms with Crippen LogP contribution in [-0.4, -0.2) is 26.4 Å². The lowest BCUT2D eigenvalue weighted by Crippen LogP contribution is -2.16. The van der Waals surface area contributed by atoms with Crippen molar-refractivity contribution >= 4 is 44.8 Å². The summed E-state index contributed by atoms with van der Waals surface area (Å²) in [7, 11) is 0. The van der Waals surface area contributed by atoms with Crippen molar-refractivity contribution < 1.29 is 4.79 Å². The maximum absolute atomic E-state index is 12.6. The van der Waals surface area contributed by atoms with E-state index in [0.29, 0.717) is 0 Å². The Hall–Kier alpha value is -2.64. The molecule has 4 aromatic rings. The fraction of sp³-hybridized carbons (Fsp3) is 0.261. The summed E-state index contributed by atoms with van der Waals surface area (Å²) < 4.78 is 3.35. The predicted octanol–water partition coefficient (Wildman–Crippen LogP) is 6.09. The first kappa shape index (κ1) is 20.6. The number of nitrogens with one attached hydrogen (secondary N) is 1. The van der Waals surface area contributed by atoms with E-state index in [0.717, 1.165) is 33.4 Å². The van der Waals surface area contributed by atoms with Crippen molar-refractivity contribution in [3.63, 3.8) is 0 Å². The van der Waals surface area contributed by atoms with E-state index in [1.54, 1.807) is 11.3 Å². The van der Waals surface area contributed by atoms with Gasteiger partial charge in [-0.05, 0) is 44.9 Å². The van der Waals surface area contributed by atoms with Crippen molar-refractivity contribution in [2.45, 2.75) is 38.9 Å². The minimum Gasteiger partial charge on any atom is -0.325 e. The van der Waals surface area contributed by atoms with Crippen LogP contribution in [0.25, 0.3) is 21.5 Å². The molecule has 0 saturated carbocycles. The quantitative estimate of drug-likeness (QED) is 0.372. The second kappa shape index (κ2) is 8.62. The molecule has 0 fully saturated rings. The highest BCUT2D eigenvalue weighted by Crippen LogP contribution is 2.35. The summed E-state index contributed by atoms with van der Waals surface area (Å²) in [5.41, 5.74) is 4.10. The molecule has 0 spiro atoms. The molecule has 2 heterocycles. The van der Waals surface area contributed by atoms with Crippen LogP contribution in [0.2, 0.25) is 0 Å². The van der Waals surface area contributed by atoms with Crippen molar-refractivity contribution in [1.29, 1.82) is 0 Å². The molecule has 0 aliphatic rings. The molecule has 1 N–H and O–H groups in total. The van der Waals surface area contributed by atoms with E-state index >= 15 is 0 Å². The lowest BCUT2D eigenvalue weighted by molar-refractivity contribution is -0.113. The molecule has 154 valence electrons. The van der Waals surface area contributed by atoms with Crippen molar-refractivity contribution in [2.75, 3.05) is 11.1 Å². The molecule has 0 bridgehead atoms. The van der Waals surface area contributed by atoms with Crippen LogP contribution in [0, 0.1) is 13.8 Å². The molecule has 30 heavy (non-hydrogen) atoms. The molecule has 2 aromatic heterocycles. The van der Waals surface area contributed by atoms with Crippen LogP contribution < -0.4 is 5.32 Å². The topological polar surface area (TPSA) is 59.8 Å². The zero-order chi connectivity index (χ0) is 21.3. The van der Waals surface area contributed by atoms with Gasteiger partial charge in [-0.1, -0.05) is 48.2 Å². The van der Waals surface area contributed by atoms with Gasteiger partial charge >= 0.3 is 0 Å². The molecular weight excluding hydrogens is 412 g/mol. The van der Waals surface area contributed by atoms with E-state index in [4.69, 9.17) is 0 Å². The van der Waals surface area contributed by atoms with Crippen LogP contribution in [0.3, 0.4) is 0 Å². The van der Waals surface area contributed by atoms with Crippen molar-refractivity contribution in [3.8, 4) is 11.4 Å². The highest BCUT2D eigenvalue weighted by Gasteiger charge is 2.20. The van der Waals surface area contributed by atoms with Crippen LogP contribution in [0.4, 0.5) is 5.69 Å². The Morgan fingerprint density at radius 1 is 1.10 bits per heavy atom. The number of amides is 1. The Morgan fingerprint density at radius 2 is 1.83 bits per heavy atom. The molecule has 1 amide bonds. The summed E-state index contributed by atoms with van der Waals surface area (Å²) in [4.78, 5) is 12.6. The summed E-state index contributed by atoms with van der Waals surface area (Å²) in [5.74, 6) is 1.08. The molecule has 0 atom stereocenters. The smallest absolute Gasteiger partial charge is 0.234 e. The van der Waals surface area contributed by atoms with Gasteiger partial charge in [0.1, 0.15) is 0 Å². The second-order valence-corrected chi connectivity index (χ2v) is 9.37. The average Bonchev–Trinajstić information content (AvgIpc) is 3.33. The zero-order valence-electron chi connectivity index (χ0n) is 17.5. The van der Waals surface area contributed by atoms with E-state index in [2.05, 4.69) is 51.4 Å². The van der Waals surface area contributed by atoms with Gasteiger partial charge < -0.3 is 5.32 Å². The van der Waals surface area contributed by atoms with Gasteiger partial charge in [-0.2, -0.15) is 0 Å². The standard InChI is InChI=1S/C23H24N4OS2/c1-14(2)27-22(18-12-29-19-11-6-5-10-17(18)19)25-26-23(27)30-13-20(28)24-21-15(3)8-7-9-16(21)4/h5-12,14H,13H2,1-4H3,(H,24,28). The normalized spacial score (nSPS) is 11.4. The maximum Gasteiger partial charge on any atom is 0.234 e. The Labute approximate surface area is 184 Å². The average molecular weight is 437 g/mol. The monoisotopic (exact) mass is 436 g/mol. The number of para-hydroxylation sites is 1. The number of aromatic nitrogens is 3. The fourth-order valence-electron chi connectivity index (χ4n) is 3.49. The summed E-state index contributed by atoms with van der Waals surface area (Å²) in [6.07, 6.45) is 0. The molecule has 0 saturated heterocycles. The third-order valence-corrected chi connectivity index (χ3v) is 6.89. The zero-order valence-corrected chi connectivity index (χ0v) is 19.1. The molecule has 4 rings (SSSR count). The van der Waals surface area contributed by atoms with E-state index in [-0.39, 0.29) is 17.7 Å². The predicted molar refractivity (Wildman–Crippen MR) is 126 cm³/mol. The first-order valence-electron chi connectivity index (χ1n) is 9.86. The number of carbonyl (C=O) groups is 1. The van der Waals surface area contributed by atoms with Crippen LogP contribution in [0.1, 0.15) is 31.0 Å². The van der Waals surface area contributed by atoms with E-state index in [1.807, 2.05) is 44.2 Å². The van der Waals surface area contributed by atoms with Gasteiger partial charge in [0.2, 0.25) is 5.91 Å². The number of fused-ring (bicyclic) bond motifs is 1. The summed E-state index contributed by atoms with van der Waals surface area (Å²) in [5, 5.41) is 16.0. The largest absolute Gasteiger partial charge is 0.325 e. The Balaban J connectivity index is 1.56. The van der Waals surface area contributed by atoms with Gasteiger partial charge in [0.25, 0.3) is 0 Å². The highest BCUT2D eigenvalue weighted by atomic mass is 32.2. The number of benzene rings is 2. The Morgan fingerprint density at radius 3 is 2.57 bits per heavy atom. The minimum atomic E-state index is -0.0433. The van der Waals surface area contributed by atoms with E-state index in [1.165, 1.54) is 21.8 Å². The summed E-state index contributed by atoms with van der Waals surface area (Å²) >= 11 is 3.13.